The first-order valence-electron chi connectivity index (χ1n) is 4.56. The Hall–Kier alpha value is -1.26. The Morgan fingerprint density at radius 1 is 1.31 bits per heavy atom. The predicted octanol–water partition coefficient (Wildman–Crippen LogP) is 1.97. The average molecular weight is 173 g/mol. The zero-order valence-corrected chi connectivity index (χ0v) is 7.74. The Balaban J connectivity index is 2.32. The van der Waals surface area contributed by atoms with Crippen molar-refractivity contribution in [2.45, 2.75) is 25.3 Å². The number of aryl methyl sites for hydroxylation is 1. The molecule has 0 bridgehead atoms. The lowest BCUT2D eigenvalue weighted by Gasteiger charge is -2.07. The molecule has 1 atom stereocenters. The molecular formula is C12H15N. The lowest BCUT2D eigenvalue weighted by atomic mass is 10.0. The quantitative estimate of drug-likeness (QED) is 0.692. The maximum Gasteiger partial charge on any atom is 0.0238 e. The molecule has 0 aliphatic carbocycles. The summed E-state index contributed by atoms with van der Waals surface area (Å²) in [5.41, 5.74) is 7.12. The third-order valence-corrected chi connectivity index (χ3v) is 2.03. The second-order valence-electron chi connectivity index (χ2n) is 3.19. The molecule has 1 rings (SSSR count). The highest BCUT2D eigenvalue weighted by molar-refractivity contribution is 5.14. The number of hydrogen-bond acceptors (Lipinski definition) is 1. The molecule has 68 valence electrons. The molecule has 0 heterocycles. The van der Waals surface area contributed by atoms with Gasteiger partial charge in [0.05, 0.1) is 0 Å². The van der Waals surface area contributed by atoms with Gasteiger partial charge < -0.3 is 5.73 Å². The lowest BCUT2D eigenvalue weighted by molar-refractivity contribution is 0.629. The fourth-order valence-electron chi connectivity index (χ4n) is 1.25. The van der Waals surface area contributed by atoms with E-state index in [1.165, 1.54) is 5.56 Å². The van der Waals surface area contributed by atoms with Crippen molar-refractivity contribution in [3.8, 4) is 12.3 Å². The number of rotatable bonds is 4. The number of hydrogen-bond donors (Lipinski definition) is 1. The standard InChI is InChI=1S/C12H15N/c1-2-6-12(13)10-9-11-7-4-3-5-8-11/h1,3-5,7-8,12H,6,9-10,13H2. The molecular weight excluding hydrogens is 158 g/mol. The van der Waals surface area contributed by atoms with E-state index in [4.69, 9.17) is 12.2 Å². The summed E-state index contributed by atoms with van der Waals surface area (Å²) in [7, 11) is 0. The third-order valence-electron chi connectivity index (χ3n) is 2.03. The van der Waals surface area contributed by atoms with Crippen LogP contribution in [0.2, 0.25) is 0 Å². The first kappa shape index (κ1) is 9.83. The van der Waals surface area contributed by atoms with E-state index in [1.54, 1.807) is 0 Å². The van der Waals surface area contributed by atoms with Crippen LogP contribution >= 0.6 is 0 Å². The van der Waals surface area contributed by atoms with Gasteiger partial charge in [-0.15, -0.1) is 12.3 Å². The molecule has 1 heteroatoms. The van der Waals surface area contributed by atoms with E-state index in [0.29, 0.717) is 6.42 Å². The summed E-state index contributed by atoms with van der Waals surface area (Å²) in [6, 6.07) is 10.5. The van der Waals surface area contributed by atoms with Gasteiger partial charge in [-0.25, -0.2) is 0 Å². The molecule has 0 aliphatic heterocycles. The van der Waals surface area contributed by atoms with Crippen LogP contribution in [0.1, 0.15) is 18.4 Å². The molecule has 0 spiro atoms. The first-order valence-corrected chi connectivity index (χ1v) is 4.56. The lowest BCUT2D eigenvalue weighted by Crippen LogP contribution is -2.19. The topological polar surface area (TPSA) is 26.0 Å². The smallest absolute Gasteiger partial charge is 0.0238 e. The van der Waals surface area contributed by atoms with E-state index in [1.807, 2.05) is 18.2 Å². The molecule has 0 aromatic heterocycles. The molecule has 0 fully saturated rings. The third kappa shape index (κ3) is 3.78. The summed E-state index contributed by atoms with van der Waals surface area (Å²) < 4.78 is 0. The molecule has 1 aromatic carbocycles. The van der Waals surface area contributed by atoms with Gasteiger partial charge in [-0.3, -0.25) is 0 Å². The zero-order chi connectivity index (χ0) is 9.52. The van der Waals surface area contributed by atoms with Crippen molar-refractivity contribution in [2.24, 2.45) is 5.73 Å². The summed E-state index contributed by atoms with van der Waals surface area (Å²) in [5, 5.41) is 0. The first-order chi connectivity index (χ1) is 6.33. The fraction of sp³-hybridized carbons (Fsp3) is 0.333. The van der Waals surface area contributed by atoms with E-state index in [-0.39, 0.29) is 6.04 Å². The van der Waals surface area contributed by atoms with Crippen LogP contribution in [0.25, 0.3) is 0 Å². The van der Waals surface area contributed by atoms with Crippen LogP contribution in [0.4, 0.5) is 0 Å². The van der Waals surface area contributed by atoms with Gasteiger partial charge in [0, 0.05) is 12.5 Å². The highest BCUT2D eigenvalue weighted by Crippen LogP contribution is 2.04. The van der Waals surface area contributed by atoms with Crippen molar-refractivity contribution in [3.63, 3.8) is 0 Å². The van der Waals surface area contributed by atoms with Crippen LogP contribution in [0.5, 0.6) is 0 Å². The molecule has 2 N–H and O–H groups in total. The number of nitrogens with two attached hydrogens (primary N) is 1. The Morgan fingerprint density at radius 3 is 2.62 bits per heavy atom. The Bertz CT molecular complexity index is 271. The predicted molar refractivity (Wildman–Crippen MR) is 56.2 cm³/mol. The number of terminal acetylenes is 1. The van der Waals surface area contributed by atoms with Crippen molar-refractivity contribution >= 4 is 0 Å². The van der Waals surface area contributed by atoms with E-state index in [0.717, 1.165) is 12.8 Å². The summed E-state index contributed by atoms with van der Waals surface area (Å²) in [4.78, 5) is 0. The molecule has 0 saturated carbocycles. The second kappa shape index (κ2) is 5.40. The maximum absolute atomic E-state index is 5.79. The summed E-state index contributed by atoms with van der Waals surface area (Å²) in [5.74, 6) is 2.58. The monoisotopic (exact) mass is 173 g/mol. The van der Waals surface area contributed by atoms with E-state index >= 15 is 0 Å². The maximum atomic E-state index is 5.79. The van der Waals surface area contributed by atoms with Gasteiger partial charge in [0.1, 0.15) is 0 Å². The van der Waals surface area contributed by atoms with Crippen LogP contribution in [0.3, 0.4) is 0 Å². The normalized spacial score (nSPS) is 12.0. The van der Waals surface area contributed by atoms with Gasteiger partial charge in [0.2, 0.25) is 0 Å². The summed E-state index contributed by atoms with van der Waals surface area (Å²) >= 11 is 0. The van der Waals surface area contributed by atoms with Gasteiger partial charge in [-0.1, -0.05) is 30.3 Å². The van der Waals surface area contributed by atoms with Crippen molar-refractivity contribution < 1.29 is 0 Å². The fourth-order valence-corrected chi connectivity index (χ4v) is 1.25. The van der Waals surface area contributed by atoms with Crippen LogP contribution in [-0.4, -0.2) is 6.04 Å². The van der Waals surface area contributed by atoms with Gasteiger partial charge in [-0.05, 0) is 18.4 Å². The van der Waals surface area contributed by atoms with Crippen molar-refractivity contribution in [3.05, 3.63) is 35.9 Å². The van der Waals surface area contributed by atoms with Crippen LogP contribution in [0.15, 0.2) is 30.3 Å². The van der Waals surface area contributed by atoms with Crippen LogP contribution < -0.4 is 5.73 Å². The molecule has 1 unspecified atom stereocenters. The van der Waals surface area contributed by atoms with Crippen LogP contribution in [0, 0.1) is 12.3 Å². The van der Waals surface area contributed by atoms with Gasteiger partial charge in [0.15, 0.2) is 0 Å². The molecule has 1 nitrogen and oxygen atoms in total. The van der Waals surface area contributed by atoms with Crippen molar-refractivity contribution in [1.29, 1.82) is 0 Å². The number of benzene rings is 1. The zero-order valence-electron chi connectivity index (χ0n) is 7.74. The molecule has 0 saturated heterocycles. The minimum Gasteiger partial charge on any atom is -0.327 e. The van der Waals surface area contributed by atoms with E-state index in [9.17, 15) is 0 Å². The molecule has 1 aromatic rings. The molecule has 13 heavy (non-hydrogen) atoms. The Morgan fingerprint density at radius 2 is 2.00 bits per heavy atom. The van der Waals surface area contributed by atoms with E-state index < -0.39 is 0 Å². The van der Waals surface area contributed by atoms with Gasteiger partial charge in [0.25, 0.3) is 0 Å². The highest BCUT2D eigenvalue weighted by Gasteiger charge is 2.00. The molecule has 0 aliphatic rings. The highest BCUT2D eigenvalue weighted by atomic mass is 14.6. The Labute approximate surface area is 80.0 Å². The van der Waals surface area contributed by atoms with Crippen LogP contribution in [-0.2, 0) is 6.42 Å². The largest absolute Gasteiger partial charge is 0.327 e. The molecule has 0 amide bonds. The SMILES string of the molecule is C#CCC(N)CCc1ccccc1. The summed E-state index contributed by atoms with van der Waals surface area (Å²) in [6.07, 6.45) is 7.83. The average Bonchev–Trinajstić information content (AvgIpc) is 2.17. The van der Waals surface area contributed by atoms with Crippen molar-refractivity contribution in [1.82, 2.24) is 0 Å². The minimum atomic E-state index is 0.144. The summed E-state index contributed by atoms with van der Waals surface area (Å²) in [6.45, 7) is 0. The second-order valence-corrected chi connectivity index (χ2v) is 3.19. The van der Waals surface area contributed by atoms with Gasteiger partial charge >= 0.3 is 0 Å². The minimum absolute atomic E-state index is 0.144. The Kier molecular flexibility index (Phi) is 4.08. The molecule has 0 radical (unpaired) electrons. The van der Waals surface area contributed by atoms with E-state index in [2.05, 4.69) is 18.1 Å². The van der Waals surface area contributed by atoms with Crippen molar-refractivity contribution in [2.75, 3.05) is 0 Å². The van der Waals surface area contributed by atoms with Gasteiger partial charge in [-0.2, -0.15) is 0 Å².